The summed E-state index contributed by atoms with van der Waals surface area (Å²) in [6.07, 6.45) is 2.03. The molecule has 0 radical (unpaired) electrons. The Bertz CT molecular complexity index is 631. The topological polar surface area (TPSA) is 41.6 Å². The van der Waals surface area contributed by atoms with Crippen LogP contribution in [0.25, 0.3) is 11.0 Å². The van der Waals surface area contributed by atoms with Gasteiger partial charge in [0.2, 0.25) is 0 Å². The molecule has 2 aromatic rings. The zero-order valence-corrected chi connectivity index (χ0v) is 12.2. The smallest absolute Gasteiger partial charge is 0.109 e. The van der Waals surface area contributed by atoms with Crippen LogP contribution in [0.4, 0.5) is 0 Å². The third-order valence-corrected chi connectivity index (χ3v) is 3.59. The van der Waals surface area contributed by atoms with E-state index in [-0.39, 0.29) is 5.92 Å². The fourth-order valence-corrected chi connectivity index (χ4v) is 2.36. The molecule has 1 heterocycles. The highest BCUT2D eigenvalue weighted by Gasteiger charge is 2.13. The van der Waals surface area contributed by atoms with E-state index in [2.05, 4.69) is 43.5 Å². The van der Waals surface area contributed by atoms with E-state index in [1.54, 1.807) is 0 Å². The number of aryl methyl sites for hydroxylation is 3. The number of aromatic nitrogens is 2. The first-order valence-electron chi connectivity index (χ1n) is 6.92. The first kappa shape index (κ1) is 13.6. The maximum atomic E-state index is 9.04. The van der Waals surface area contributed by atoms with Crippen LogP contribution in [0.15, 0.2) is 12.1 Å². The molecule has 0 spiro atoms. The highest BCUT2D eigenvalue weighted by atomic mass is 15.1. The molecule has 100 valence electrons. The van der Waals surface area contributed by atoms with Crippen molar-refractivity contribution in [3.63, 3.8) is 0 Å². The van der Waals surface area contributed by atoms with Crippen molar-refractivity contribution < 1.29 is 0 Å². The monoisotopic (exact) mass is 255 g/mol. The standard InChI is InChI=1S/C16H21N3/c1-5-6-16-18-14-7-12(3)13(4)8-15(14)19(16)10-11(2)9-17/h7-8,11H,5-6,10H2,1-4H3. The van der Waals surface area contributed by atoms with Gasteiger partial charge in [0.25, 0.3) is 0 Å². The van der Waals surface area contributed by atoms with Crippen molar-refractivity contribution >= 4 is 11.0 Å². The Labute approximate surface area is 114 Å². The van der Waals surface area contributed by atoms with Crippen molar-refractivity contribution in [2.45, 2.75) is 47.1 Å². The third-order valence-electron chi connectivity index (χ3n) is 3.59. The molecular formula is C16H21N3. The van der Waals surface area contributed by atoms with E-state index in [1.165, 1.54) is 11.1 Å². The molecule has 1 atom stereocenters. The van der Waals surface area contributed by atoms with Crippen molar-refractivity contribution in [3.05, 3.63) is 29.1 Å². The van der Waals surface area contributed by atoms with Crippen LogP contribution in [0.2, 0.25) is 0 Å². The molecule has 0 amide bonds. The molecule has 0 N–H and O–H groups in total. The minimum atomic E-state index is 0.00890. The second kappa shape index (κ2) is 5.44. The molecule has 0 aliphatic heterocycles. The van der Waals surface area contributed by atoms with Gasteiger partial charge in [-0.15, -0.1) is 0 Å². The number of nitrogens with zero attached hydrogens (tertiary/aromatic N) is 3. The predicted molar refractivity (Wildman–Crippen MR) is 78.0 cm³/mol. The van der Waals surface area contributed by atoms with E-state index in [4.69, 9.17) is 10.2 Å². The Morgan fingerprint density at radius 3 is 2.63 bits per heavy atom. The Kier molecular flexibility index (Phi) is 3.90. The van der Waals surface area contributed by atoms with Gasteiger partial charge in [-0.05, 0) is 50.5 Å². The summed E-state index contributed by atoms with van der Waals surface area (Å²) >= 11 is 0. The van der Waals surface area contributed by atoms with E-state index in [9.17, 15) is 0 Å². The van der Waals surface area contributed by atoms with Crippen LogP contribution < -0.4 is 0 Å². The maximum absolute atomic E-state index is 9.04. The summed E-state index contributed by atoms with van der Waals surface area (Å²) in [6, 6.07) is 6.66. The van der Waals surface area contributed by atoms with Crippen LogP contribution in [-0.4, -0.2) is 9.55 Å². The summed E-state index contributed by atoms with van der Waals surface area (Å²) in [4.78, 5) is 4.75. The number of fused-ring (bicyclic) bond motifs is 1. The molecule has 1 unspecified atom stereocenters. The molecule has 0 saturated carbocycles. The Balaban J connectivity index is 2.59. The van der Waals surface area contributed by atoms with Crippen molar-refractivity contribution in [3.8, 4) is 6.07 Å². The van der Waals surface area contributed by atoms with Gasteiger partial charge in [-0.25, -0.2) is 4.98 Å². The van der Waals surface area contributed by atoms with E-state index in [0.717, 1.165) is 36.2 Å². The summed E-state index contributed by atoms with van der Waals surface area (Å²) < 4.78 is 2.22. The largest absolute Gasteiger partial charge is 0.327 e. The van der Waals surface area contributed by atoms with Crippen LogP contribution in [0.5, 0.6) is 0 Å². The highest BCUT2D eigenvalue weighted by molar-refractivity contribution is 5.78. The number of hydrogen-bond acceptors (Lipinski definition) is 2. The van der Waals surface area contributed by atoms with E-state index in [1.807, 2.05) is 6.92 Å². The molecule has 3 heteroatoms. The zero-order valence-electron chi connectivity index (χ0n) is 12.2. The molecule has 1 aromatic carbocycles. The van der Waals surface area contributed by atoms with Crippen LogP contribution in [0.3, 0.4) is 0 Å². The molecule has 3 nitrogen and oxygen atoms in total. The summed E-state index contributed by atoms with van der Waals surface area (Å²) in [5.41, 5.74) is 4.76. The van der Waals surface area contributed by atoms with Crippen LogP contribution in [-0.2, 0) is 13.0 Å². The van der Waals surface area contributed by atoms with Gasteiger partial charge >= 0.3 is 0 Å². The lowest BCUT2D eigenvalue weighted by Crippen LogP contribution is -2.09. The summed E-state index contributed by atoms with van der Waals surface area (Å²) in [5.74, 6) is 1.11. The van der Waals surface area contributed by atoms with Gasteiger partial charge in [-0.2, -0.15) is 5.26 Å². The van der Waals surface area contributed by atoms with Gasteiger partial charge < -0.3 is 4.57 Å². The van der Waals surface area contributed by atoms with E-state index >= 15 is 0 Å². The van der Waals surface area contributed by atoms with Gasteiger partial charge in [0.05, 0.1) is 23.0 Å². The number of rotatable bonds is 4. The van der Waals surface area contributed by atoms with Crippen molar-refractivity contribution in [2.24, 2.45) is 5.92 Å². The molecule has 1 aromatic heterocycles. The number of benzene rings is 1. The molecule has 0 bridgehead atoms. The van der Waals surface area contributed by atoms with Gasteiger partial charge in [0.1, 0.15) is 5.82 Å². The minimum absolute atomic E-state index is 0.00890. The van der Waals surface area contributed by atoms with Crippen molar-refractivity contribution in [1.82, 2.24) is 9.55 Å². The van der Waals surface area contributed by atoms with Gasteiger partial charge in [-0.3, -0.25) is 0 Å². The Morgan fingerprint density at radius 2 is 2.00 bits per heavy atom. The lowest BCUT2D eigenvalue weighted by molar-refractivity contribution is 0.566. The first-order valence-corrected chi connectivity index (χ1v) is 6.92. The number of hydrogen-bond donors (Lipinski definition) is 0. The molecule has 19 heavy (non-hydrogen) atoms. The molecule has 0 fully saturated rings. The van der Waals surface area contributed by atoms with Crippen molar-refractivity contribution in [1.29, 1.82) is 5.26 Å². The molecule has 0 aliphatic carbocycles. The fraction of sp³-hybridized carbons (Fsp3) is 0.500. The van der Waals surface area contributed by atoms with Gasteiger partial charge in [0, 0.05) is 13.0 Å². The van der Waals surface area contributed by atoms with Gasteiger partial charge in [-0.1, -0.05) is 6.92 Å². The predicted octanol–water partition coefficient (Wildman–Crippen LogP) is 3.77. The summed E-state index contributed by atoms with van der Waals surface area (Å²) in [5, 5.41) is 9.04. The minimum Gasteiger partial charge on any atom is -0.327 e. The summed E-state index contributed by atoms with van der Waals surface area (Å²) in [7, 11) is 0. The second-order valence-corrected chi connectivity index (χ2v) is 5.34. The lowest BCUT2D eigenvalue weighted by atomic mass is 10.1. The SMILES string of the molecule is CCCc1nc2cc(C)c(C)cc2n1CC(C)C#N. The molecule has 0 saturated heterocycles. The summed E-state index contributed by atoms with van der Waals surface area (Å²) in [6.45, 7) is 9.09. The maximum Gasteiger partial charge on any atom is 0.109 e. The average molecular weight is 255 g/mol. The normalized spacial score (nSPS) is 12.6. The van der Waals surface area contributed by atoms with Crippen LogP contribution in [0.1, 0.15) is 37.2 Å². The zero-order chi connectivity index (χ0) is 14.0. The molecule has 2 rings (SSSR count). The molecule has 0 aliphatic rings. The van der Waals surface area contributed by atoms with Crippen molar-refractivity contribution in [2.75, 3.05) is 0 Å². The first-order chi connectivity index (χ1) is 9.06. The van der Waals surface area contributed by atoms with Crippen LogP contribution in [0, 0.1) is 31.1 Å². The number of imidazole rings is 1. The van der Waals surface area contributed by atoms with Crippen LogP contribution >= 0.6 is 0 Å². The van der Waals surface area contributed by atoms with Gasteiger partial charge in [0.15, 0.2) is 0 Å². The van der Waals surface area contributed by atoms with E-state index in [0.29, 0.717) is 0 Å². The Morgan fingerprint density at radius 1 is 1.32 bits per heavy atom. The third kappa shape index (κ3) is 2.63. The average Bonchev–Trinajstić information content (AvgIpc) is 2.68. The number of nitriles is 1. The second-order valence-electron chi connectivity index (χ2n) is 5.34. The highest BCUT2D eigenvalue weighted by Crippen LogP contribution is 2.22. The lowest BCUT2D eigenvalue weighted by Gasteiger charge is -2.10. The van der Waals surface area contributed by atoms with E-state index < -0.39 is 0 Å². The molecular weight excluding hydrogens is 234 g/mol. The Hall–Kier alpha value is -1.82. The fourth-order valence-electron chi connectivity index (χ4n) is 2.36. The quantitative estimate of drug-likeness (QED) is 0.834.